The second-order valence-electron chi connectivity index (χ2n) is 8.68. The van der Waals surface area contributed by atoms with Crippen LogP contribution in [0.15, 0.2) is 60.7 Å². The van der Waals surface area contributed by atoms with Crippen molar-refractivity contribution in [1.29, 1.82) is 0 Å². The number of imide groups is 1. The van der Waals surface area contributed by atoms with E-state index in [-0.39, 0.29) is 48.6 Å². The number of hydrogen-bond acceptors (Lipinski definition) is 5. The summed E-state index contributed by atoms with van der Waals surface area (Å²) in [6.45, 7) is 0.106. The van der Waals surface area contributed by atoms with Crippen LogP contribution >= 0.6 is 0 Å². The first-order chi connectivity index (χ1) is 16.5. The number of rotatable bonds is 9. The highest BCUT2D eigenvalue weighted by Crippen LogP contribution is 2.35. The Morgan fingerprint density at radius 2 is 1.44 bits per heavy atom. The number of fused-ring (bicyclic) bond motifs is 1. The molecule has 0 spiro atoms. The molecule has 3 atom stereocenters. The standard InChI is InChI=1S/C27H30N2O5/c1-33-20-11-7-18(8-12-20)17-24(19-9-13-21(34-2)14-10-19)28-25(30)15-16-29-26(31)22-5-3-4-6-23(22)27(29)32/h3-4,7-14,22-24H,5-6,15-17H2,1-2H3,(H,28,30)/t22-,23-,24-/m0/s1. The minimum Gasteiger partial charge on any atom is -0.497 e. The quantitative estimate of drug-likeness (QED) is 0.456. The molecule has 1 aliphatic heterocycles. The molecular weight excluding hydrogens is 432 g/mol. The van der Waals surface area contributed by atoms with Gasteiger partial charge < -0.3 is 14.8 Å². The van der Waals surface area contributed by atoms with Gasteiger partial charge in [0.25, 0.3) is 0 Å². The molecule has 0 aromatic heterocycles. The summed E-state index contributed by atoms with van der Waals surface area (Å²) < 4.78 is 10.5. The van der Waals surface area contributed by atoms with Crippen LogP contribution in [0.25, 0.3) is 0 Å². The highest BCUT2D eigenvalue weighted by molar-refractivity contribution is 6.05. The molecule has 0 saturated carbocycles. The number of carbonyl (C=O) groups excluding carboxylic acids is 3. The van der Waals surface area contributed by atoms with E-state index in [1.807, 2.05) is 60.7 Å². The molecule has 1 heterocycles. The lowest BCUT2D eigenvalue weighted by atomic mass is 9.85. The maximum absolute atomic E-state index is 12.9. The summed E-state index contributed by atoms with van der Waals surface area (Å²) in [6.07, 6.45) is 5.76. The molecule has 1 saturated heterocycles. The molecular formula is C27H30N2O5. The van der Waals surface area contributed by atoms with Gasteiger partial charge in [0.05, 0.1) is 32.1 Å². The fraction of sp³-hybridized carbons (Fsp3) is 0.370. The molecule has 1 fully saturated rings. The van der Waals surface area contributed by atoms with Gasteiger partial charge in [-0.2, -0.15) is 0 Å². The van der Waals surface area contributed by atoms with Gasteiger partial charge in [-0.25, -0.2) is 0 Å². The Labute approximate surface area is 199 Å². The maximum atomic E-state index is 12.9. The summed E-state index contributed by atoms with van der Waals surface area (Å²) in [5.74, 6) is 0.437. The van der Waals surface area contributed by atoms with Crippen molar-refractivity contribution in [3.05, 3.63) is 71.8 Å². The summed E-state index contributed by atoms with van der Waals surface area (Å²) in [7, 11) is 3.23. The van der Waals surface area contributed by atoms with Gasteiger partial charge >= 0.3 is 0 Å². The lowest BCUT2D eigenvalue weighted by molar-refractivity contribution is -0.140. The maximum Gasteiger partial charge on any atom is 0.233 e. The van der Waals surface area contributed by atoms with Gasteiger partial charge in [0.2, 0.25) is 17.7 Å². The van der Waals surface area contributed by atoms with Crippen LogP contribution in [-0.4, -0.2) is 43.4 Å². The number of allylic oxidation sites excluding steroid dienone is 2. The van der Waals surface area contributed by atoms with Gasteiger partial charge in [-0.3, -0.25) is 19.3 Å². The third-order valence-electron chi connectivity index (χ3n) is 6.61. The Morgan fingerprint density at radius 1 is 0.912 bits per heavy atom. The molecule has 3 amide bonds. The molecule has 2 aliphatic rings. The van der Waals surface area contributed by atoms with E-state index in [0.717, 1.165) is 22.6 Å². The van der Waals surface area contributed by atoms with Crippen molar-refractivity contribution < 1.29 is 23.9 Å². The largest absolute Gasteiger partial charge is 0.497 e. The number of carbonyl (C=O) groups is 3. The van der Waals surface area contributed by atoms with Crippen molar-refractivity contribution in [1.82, 2.24) is 10.2 Å². The van der Waals surface area contributed by atoms with E-state index in [0.29, 0.717) is 19.3 Å². The molecule has 0 unspecified atom stereocenters. The highest BCUT2D eigenvalue weighted by atomic mass is 16.5. The molecule has 1 N–H and O–H groups in total. The minimum atomic E-state index is -0.275. The molecule has 7 nitrogen and oxygen atoms in total. The fourth-order valence-electron chi connectivity index (χ4n) is 4.65. The second-order valence-corrected chi connectivity index (χ2v) is 8.68. The molecule has 4 rings (SSSR count). The molecule has 0 radical (unpaired) electrons. The van der Waals surface area contributed by atoms with E-state index in [4.69, 9.17) is 9.47 Å². The normalized spacial score (nSPS) is 20.1. The van der Waals surface area contributed by atoms with E-state index in [9.17, 15) is 14.4 Å². The van der Waals surface area contributed by atoms with Crippen LogP contribution in [0.5, 0.6) is 11.5 Å². The zero-order valence-electron chi connectivity index (χ0n) is 19.5. The molecule has 2 aromatic carbocycles. The molecule has 0 bridgehead atoms. The summed E-state index contributed by atoms with van der Waals surface area (Å²) in [6, 6.07) is 15.0. The average molecular weight is 463 g/mol. The number of benzene rings is 2. The number of likely N-dealkylation sites (tertiary alicyclic amines) is 1. The first-order valence-corrected chi connectivity index (χ1v) is 11.6. The number of amides is 3. The predicted molar refractivity (Wildman–Crippen MR) is 127 cm³/mol. The number of nitrogens with zero attached hydrogens (tertiary/aromatic N) is 1. The Kier molecular flexibility index (Phi) is 7.30. The summed E-state index contributed by atoms with van der Waals surface area (Å²) in [5.41, 5.74) is 1.98. The monoisotopic (exact) mass is 462 g/mol. The summed E-state index contributed by atoms with van der Waals surface area (Å²) >= 11 is 0. The number of methoxy groups -OCH3 is 2. The van der Waals surface area contributed by atoms with Crippen LogP contribution < -0.4 is 14.8 Å². The Balaban J connectivity index is 1.42. The average Bonchev–Trinajstić information content (AvgIpc) is 3.12. The van der Waals surface area contributed by atoms with Crippen molar-refractivity contribution >= 4 is 17.7 Å². The SMILES string of the molecule is COc1ccc(C[C@H](NC(=O)CCN2C(=O)[C@H]3CC=CC[C@@H]3C2=O)c2ccc(OC)cc2)cc1. The highest BCUT2D eigenvalue weighted by Gasteiger charge is 2.46. The van der Waals surface area contributed by atoms with Crippen molar-refractivity contribution in [3.63, 3.8) is 0 Å². The van der Waals surface area contributed by atoms with Crippen molar-refractivity contribution in [3.8, 4) is 11.5 Å². The van der Waals surface area contributed by atoms with E-state index in [1.165, 1.54) is 4.90 Å². The topological polar surface area (TPSA) is 84.9 Å². The zero-order valence-corrected chi connectivity index (χ0v) is 19.5. The van der Waals surface area contributed by atoms with Gasteiger partial charge in [-0.05, 0) is 54.7 Å². The minimum absolute atomic E-state index is 0.0691. The second kappa shape index (κ2) is 10.5. The summed E-state index contributed by atoms with van der Waals surface area (Å²) in [4.78, 5) is 39.5. The Hall–Kier alpha value is -3.61. The predicted octanol–water partition coefficient (Wildman–Crippen LogP) is 3.45. The molecule has 1 aliphatic carbocycles. The van der Waals surface area contributed by atoms with Crippen LogP contribution in [-0.2, 0) is 20.8 Å². The first-order valence-electron chi connectivity index (χ1n) is 11.6. The number of ether oxygens (including phenoxy) is 2. The van der Waals surface area contributed by atoms with E-state index >= 15 is 0 Å². The number of nitrogens with one attached hydrogen (secondary N) is 1. The van der Waals surface area contributed by atoms with Gasteiger partial charge in [0, 0.05) is 13.0 Å². The lowest BCUT2D eigenvalue weighted by Crippen LogP contribution is -2.37. The number of hydrogen-bond donors (Lipinski definition) is 1. The van der Waals surface area contributed by atoms with Crippen molar-refractivity contribution in [2.24, 2.45) is 11.8 Å². The third kappa shape index (κ3) is 5.14. The van der Waals surface area contributed by atoms with Crippen molar-refractivity contribution in [2.45, 2.75) is 31.7 Å². The molecule has 7 heteroatoms. The van der Waals surface area contributed by atoms with Gasteiger partial charge in [-0.15, -0.1) is 0 Å². The van der Waals surface area contributed by atoms with E-state index < -0.39 is 0 Å². The zero-order chi connectivity index (χ0) is 24.1. The van der Waals surface area contributed by atoms with E-state index in [2.05, 4.69) is 5.32 Å². The molecule has 178 valence electrons. The van der Waals surface area contributed by atoms with Crippen LogP contribution in [0.1, 0.15) is 36.4 Å². The van der Waals surface area contributed by atoms with E-state index in [1.54, 1.807) is 14.2 Å². The Morgan fingerprint density at radius 3 is 1.97 bits per heavy atom. The molecule has 34 heavy (non-hydrogen) atoms. The van der Waals surface area contributed by atoms with Crippen LogP contribution in [0, 0.1) is 11.8 Å². The first kappa shape index (κ1) is 23.5. The third-order valence-corrected chi connectivity index (χ3v) is 6.61. The van der Waals surface area contributed by atoms with Crippen LogP contribution in [0.3, 0.4) is 0 Å². The fourth-order valence-corrected chi connectivity index (χ4v) is 4.65. The van der Waals surface area contributed by atoms with Gasteiger partial charge in [0.15, 0.2) is 0 Å². The molecule has 2 aromatic rings. The summed E-state index contributed by atoms with van der Waals surface area (Å²) in [5, 5.41) is 3.09. The van der Waals surface area contributed by atoms with Gasteiger partial charge in [0.1, 0.15) is 11.5 Å². The van der Waals surface area contributed by atoms with Gasteiger partial charge in [-0.1, -0.05) is 36.4 Å². The smallest absolute Gasteiger partial charge is 0.233 e. The van der Waals surface area contributed by atoms with Crippen molar-refractivity contribution in [2.75, 3.05) is 20.8 Å². The Bertz CT molecular complexity index is 1040. The lowest BCUT2D eigenvalue weighted by Gasteiger charge is -2.21. The van der Waals surface area contributed by atoms with Crippen LogP contribution in [0.4, 0.5) is 0 Å². The van der Waals surface area contributed by atoms with Crippen LogP contribution in [0.2, 0.25) is 0 Å².